The number of anilines is 1. The van der Waals surface area contributed by atoms with Gasteiger partial charge >= 0.3 is 12.0 Å². The van der Waals surface area contributed by atoms with Gasteiger partial charge in [-0.25, -0.2) is 17.9 Å². The molecule has 12 heteroatoms. The maximum atomic E-state index is 12.4. The van der Waals surface area contributed by atoms with Crippen molar-refractivity contribution in [2.75, 3.05) is 26.1 Å². The van der Waals surface area contributed by atoms with Gasteiger partial charge in [0.25, 0.3) is 10.0 Å². The van der Waals surface area contributed by atoms with Gasteiger partial charge in [0.05, 0.1) is 13.7 Å². The van der Waals surface area contributed by atoms with Gasteiger partial charge in [0.1, 0.15) is 10.0 Å². The molecule has 0 aliphatic heterocycles. The zero-order valence-electron chi connectivity index (χ0n) is 13.8. The molecule has 0 unspecified atom stereocenters. The third-order valence-electron chi connectivity index (χ3n) is 2.89. The fourth-order valence-corrected chi connectivity index (χ4v) is 4.23. The minimum Gasteiger partial charge on any atom is -0.467 e. The molecule has 0 saturated heterocycles. The quantitative estimate of drug-likeness (QED) is 0.717. The summed E-state index contributed by atoms with van der Waals surface area (Å²) in [5.41, 5.74) is 0.574. The van der Waals surface area contributed by atoms with Crippen molar-refractivity contribution in [1.82, 2.24) is 19.7 Å². The van der Waals surface area contributed by atoms with Crippen molar-refractivity contribution >= 4 is 33.3 Å². The lowest BCUT2D eigenvalue weighted by Gasteiger charge is -2.09. The summed E-state index contributed by atoms with van der Waals surface area (Å²) in [6.07, 6.45) is 0.418. The van der Waals surface area contributed by atoms with Crippen LogP contribution in [-0.4, -0.2) is 50.2 Å². The highest BCUT2D eigenvalue weighted by Gasteiger charge is 2.23. The molecule has 10 nitrogen and oxygen atoms in total. The molecule has 2 heterocycles. The molecule has 0 saturated carbocycles. The van der Waals surface area contributed by atoms with E-state index in [0.29, 0.717) is 24.4 Å². The normalized spacial score (nSPS) is 11.2. The fraction of sp³-hybridized carbons (Fsp3) is 0.385. The topological polar surface area (TPSA) is 132 Å². The zero-order valence-corrected chi connectivity index (χ0v) is 15.4. The summed E-state index contributed by atoms with van der Waals surface area (Å²) < 4.78 is 36.6. The van der Waals surface area contributed by atoms with Gasteiger partial charge in [0.15, 0.2) is 0 Å². The molecule has 0 fully saturated rings. The second kappa shape index (κ2) is 8.18. The van der Waals surface area contributed by atoms with Crippen LogP contribution in [0, 0.1) is 6.92 Å². The summed E-state index contributed by atoms with van der Waals surface area (Å²) in [6, 6.07) is 0.695. The molecule has 0 aromatic carbocycles. The fourth-order valence-electron chi connectivity index (χ4n) is 1.85. The number of thiophene rings is 1. The Morgan fingerprint density at radius 2 is 2.04 bits per heavy atom. The zero-order chi connectivity index (χ0) is 18.4. The highest BCUT2D eigenvalue weighted by Crippen LogP contribution is 2.23. The van der Waals surface area contributed by atoms with Gasteiger partial charge in [-0.3, -0.25) is 5.32 Å². The number of hydrogen-bond acceptors (Lipinski definition) is 9. The summed E-state index contributed by atoms with van der Waals surface area (Å²) in [6.45, 7) is 1.95. The standard InChI is InChI=1S/C13H17N5O5S2/c1-8-14-11(17-13(15-8)23-3)16-12(19)18-25(20,21)10-9(4-6-22-2)5-7-24-10/h5,7H,4,6H2,1-3H3,(H2,14,15,16,17,18,19). The van der Waals surface area contributed by atoms with Gasteiger partial charge in [-0.05, 0) is 30.4 Å². The predicted octanol–water partition coefficient (Wildman–Crippen LogP) is 0.949. The smallest absolute Gasteiger partial charge is 0.335 e. The average molecular weight is 387 g/mol. The van der Waals surface area contributed by atoms with E-state index < -0.39 is 16.1 Å². The number of methoxy groups -OCH3 is 2. The molecule has 0 atom stereocenters. The van der Waals surface area contributed by atoms with E-state index in [1.54, 1.807) is 18.4 Å². The maximum absolute atomic E-state index is 12.4. The van der Waals surface area contributed by atoms with E-state index in [-0.39, 0.29) is 16.2 Å². The molecule has 0 bridgehead atoms. The van der Waals surface area contributed by atoms with Gasteiger partial charge in [-0.1, -0.05) is 0 Å². The maximum Gasteiger partial charge on any atom is 0.335 e. The van der Waals surface area contributed by atoms with E-state index in [1.165, 1.54) is 14.2 Å². The first kappa shape index (κ1) is 19.0. The Hall–Kier alpha value is -2.31. The van der Waals surface area contributed by atoms with Gasteiger partial charge in [-0.15, -0.1) is 11.3 Å². The van der Waals surface area contributed by atoms with Gasteiger partial charge in [0.2, 0.25) is 5.95 Å². The number of urea groups is 1. The first-order chi connectivity index (χ1) is 11.9. The largest absolute Gasteiger partial charge is 0.467 e. The van der Waals surface area contributed by atoms with Crippen LogP contribution in [-0.2, 0) is 21.2 Å². The van der Waals surface area contributed by atoms with Gasteiger partial charge in [0, 0.05) is 7.11 Å². The second-order valence-corrected chi connectivity index (χ2v) is 7.52. The van der Waals surface area contributed by atoms with E-state index in [1.807, 2.05) is 4.72 Å². The summed E-state index contributed by atoms with van der Waals surface area (Å²) in [5, 5.41) is 3.88. The van der Waals surface area contributed by atoms with Crippen molar-refractivity contribution in [2.24, 2.45) is 0 Å². The lowest BCUT2D eigenvalue weighted by molar-refractivity contribution is 0.202. The number of hydrogen-bond donors (Lipinski definition) is 2. The summed E-state index contributed by atoms with van der Waals surface area (Å²) >= 11 is 1.02. The molecule has 2 N–H and O–H groups in total. The Balaban J connectivity index is 2.11. The van der Waals surface area contributed by atoms with E-state index in [0.717, 1.165) is 11.3 Å². The molecule has 2 rings (SSSR count). The lowest BCUT2D eigenvalue weighted by atomic mass is 10.3. The second-order valence-electron chi connectivity index (χ2n) is 4.73. The van der Waals surface area contributed by atoms with Crippen LogP contribution < -0.4 is 14.8 Å². The van der Waals surface area contributed by atoms with Crippen molar-refractivity contribution in [3.8, 4) is 6.01 Å². The van der Waals surface area contributed by atoms with Crippen LogP contribution in [0.1, 0.15) is 11.4 Å². The van der Waals surface area contributed by atoms with Crippen LogP contribution in [0.2, 0.25) is 0 Å². The highest BCUT2D eigenvalue weighted by atomic mass is 32.2. The molecule has 136 valence electrons. The number of nitrogens with zero attached hydrogens (tertiary/aromatic N) is 3. The van der Waals surface area contributed by atoms with Crippen molar-refractivity contribution < 1.29 is 22.7 Å². The van der Waals surface area contributed by atoms with Crippen molar-refractivity contribution in [2.45, 2.75) is 17.6 Å². The Bertz CT molecular complexity index is 852. The number of aryl methyl sites for hydroxylation is 1. The van der Waals surface area contributed by atoms with Crippen molar-refractivity contribution in [3.05, 3.63) is 22.8 Å². The Labute approximate surface area is 148 Å². The third-order valence-corrected chi connectivity index (χ3v) is 5.79. The van der Waals surface area contributed by atoms with Crippen LogP contribution in [0.3, 0.4) is 0 Å². The molecule has 0 radical (unpaired) electrons. The Kier molecular flexibility index (Phi) is 6.22. The molecule has 2 aromatic rings. The Morgan fingerprint density at radius 1 is 1.28 bits per heavy atom. The average Bonchev–Trinajstić information content (AvgIpc) is 3.01. The van der Waals surface area contributed by atoms with Gasteiger partial charge < -0.3 is 9.47 Å². The summed E-state index contributed by atoms with van der Waals surface area (Å²) in [4.78, 5) is 23.6. The highest BCUT2D eigenvalue weighted by molar-refractivity contribution is 7.92. The minimum absolute atomic E-state index is 0.00534. The molecule has 0 aliphatic rings. The van der Waals surface area contributed by atoms with Crippen LogP contribution in [0.5, 0.6) is 6.01 Å². The number of ether oxygens (including phenoxy) is 2. The van der Waals surface area contributed by atoms with Crippen molar-refractivity contribution in [3.63, 3.8) is 0 Å². The van der Waals surface area contributed by atoms with Crippen LogP contribution in [0.4, 0.5) is 10.7 Å². The summed E-state index contributed by atoms with van der Waals surface area (Å²) in [7, 11) is -1.14. The van der Waals surface area contributed by atoms with Gasteiger partial charge in [-0.2, -0.15) is 15.0 Å². The number of carbonyl (C=O) groups is 1. The van der Waals surface area contributed by atoms with Crippen molar-refractivity contribution in [1.29, 1.82) is 0 Å². The lowest BCUT2D eigenvalue weighted by Crippen LogP contribution is -2.35. The molecular weight excluding hydrogens is 370 g/mol. The molecule has 0 aliphatic carbocycles. The van der Waals surface area contributed by atoms with Crippen LogP contribution >= 0.6 is 11.3 Å². The van der Waals surface area contributed by atoms with E-state index in [4.69, 9.17) is 9.47 Å². The molecular formula is C13H17N5O5S2. The minimum atomic E-state index is -4.02. The molecule has 2 amide bonds. The molecule has 2 aromatic heterocycles. The van der Waals surface area contributed by atoms with E-state index >= 15 is 0 Å². The number of aromatic nitrogens is 3. The van der Waals surface area contributed by atoms with E-state index in [2.05, 4.69) is 20.3 Å². The molecule has 0 spiro atoms. The van der Waals surface area contributed by atoms with Crippen LogP contribution in [0.15, 0.2) is 15.7 Å². The number of rotatable bonds is 7. The monoisotopic (exact) mass is 387 g/mol. The number of amides is 2. The van der Waals surface area contributed by atoms with Crippen LogP contribution in [0.25, 0.3) is 0 Å². The number of nitrogens with one attached hydrogen (secondary N) is 2. The number of carbonyl (C=O) groups excluding carboxylic acids is 1. The molecule has 25 heavy (non-hydrogen) atoms. The third kappa shape index (κ3) is 5.08. The first-order valence-corrected chi connectivity index (χ1v) is 9.37. The first-order valence-electron chi connectivity index (χ1n) is 7.01. The Morgan fingerprint density at radius 3 is 2.72 bits per heavy atom. The number of sulfonamides is 1. The SMILES string of the molecule is COCCc1ccsc1S(=O)(=O)NC(=O)Nc1nc(C)nc(OC)n1. The van der Waals surface area contributed by atoms with E-state index in [9.17, 15) is 13.2 Å². The summed E-state index contributed by atoms with van der Waals surface area (Å²) in [5.74, 6) is 0.188. The predicted molar refractivity (Wildman–Crippen MR) is 90.4 cm³/mol.